The fourth-order valence-corrected chi connectivity index (χ4v) is 3.19. The van der Waals surface area contributed by atoms with Crippen molar-refractivity contribution in [3.8, 4) is 0 Å². The van der Waals surface area contributed by atoms with Gasteiger partial charge < -0.3 is 11.1 Å². The van der Waals surface area contributed by atoms with Gasteiger partial charge in [-0.2, -0.15) is 11.8 Å². The smallest absolute Gasteiger partial charge is 0.128 e. The quantitative estimate of drug-likeness (QED) is 0.848. The van der Waals surface area contributed by atoms with Crippen molar-refractivity contribution in [3.63, 3.8) is 0 Å². The van der Waals surface area contributed by atoms with E-state index in [0.717, 1.165) is 11.5 Å². The lowest BCUT2D eigenvalue weighted by Crippen LogP contribution is -2.34. The fraction of sp³-hybridized carbons (Fsp3) is 0.583. The van der Waals surface area contributed by atoms with Crippen LogP contribution in [0.4, 0.5) is 11.5 Å². The molecular weight excluding hydrogens is 218 g/mol. The predicted octanol–water partition coefficient (Wildman–Crippen LogP) is 2.75. The maximum atomic E-state index is 5.75. The molecule has 2 unspecified atom stereocenters. The molecule has 1 fully saturated rings. The average molecular weight is 237 g/mol. The summed E-state index contributed by atoms with van der Waals surface area (Å²) in [7, 11) is 0. The Hall–Kier alpha value is -0.900. The molecule has 1 aromatic heterocycles. The number of anilines is 2. The van der Waals surface area contributed by atoms with Crippen molar-refractivity contribution >= 4 is 23.3 Å². The molecule has 0 amide bonds. The number of pyridine rings is 1. The largest absolute Gasteiger partial charge is 0.399 e. The van der Waals surface area contributed by atoms with Crippen LogP contribution in [-0.2, 0) is 0 Å². The standard InChI is InChI=1S/C12H19N3S/c1-16-11-5-3-2-4-10(11)15-12-8-9(13)6-7-14-12/h6-8,10-11H,2-5H2,1H3,(H3,13,14,15). The van der Waals surface area contributed by atoms with Gasteiger partial charge in [0.1, 0.15) is 5.82 Å². The van der Waals surface area contributed by atoms with E-state index in [-0.39, 0.29) is 0 Å². The van der Waals surface area contributed by atoms with Crippen molar-refractivity contribution in [1.82, 2.24) is 4.98 Å². The number of hydrogen-bond acceptors (Lipinski definition) is 4. The van der Waals surface area contributed by atoms with E-state index in [2.05, 4.69) is 16.6 Å². The minimum atomic E-state index is 0.540. The fourth-order valence-electron chi connectivity index (χ4n) is 2.26. The van der Waals surface area contributed by atoms with Crippen molar-refractivity contribution in [1.29, 1.82) is 0 Å². The van der Waals surface area contributed by atoms with Crippen molar-refractivity contribution < 1.29 is 0 Å². The summed E-state index contributed by atoms with van der Waals surface area (Å²) < 4.78 is 0. The van der Waals surface area contributed by atoms with Crippen molar-refractivity contribution in [2.24, 2.45) is 0 Å². The second-order valence-corrected chi connectivity index (χ2v) is 5.36. The molecule has 0 radical (unpaired) electrons. The van der Waals surface area contributed by atoms with Crippen LogP contribution in [0, 0.1) is 0 Å². The second-order valence-electron chi connectivity index (χ2n) is 4.28. The summed E-state index contributed by atoms with van der Waals surface area (Å²) in [5.74, 6) is 0.908. The van der Waals surface area contributed by atoms with E-state index in [1.54, 1.807) is 6.20 Å². The summed E-state index contributed by atoms with van der Waals surface area (Å²) in [6.07, 6.45) is 9.17. The number of rotatable bonds is 3. The molecule has 1 heterocycles. The molecule has 16 heavy (non-hydrogen) atoms. The number of thioether (sulfide) groups is 1. The van der Waals surface area contributed by atoms with Gasteiger partial charge in [-0.25, -0.2) is 4.98 Å². The van der Waals surface area contributed by atoms with Gasteiger partial charge in [-0.3, -0.25) is 0 Å². The Morgan fingerprint density at radius 2 is 2.25 bits per heavy atom. The molecule has 4 heteroatoms. The molecular formula is C12H19N3S. The number of nitrogens with two attached hydrogens (primary N) is 1. The first-order valence-corrected chi connectivity index (χ1v) is 7.09. The molecule has 1 aliphatic rings. The number of nitrogens with one attached hydrogen (secondary N) is 1. The Labute approximate surface area is 101 Å². The third-order valence-electron chi connectivity index (χ3n) is 3.12. The minimum absolute atomic E-state index is 0.540. The number of aromatic nitrogens is 1. The van der Waals surface area contributed by atoms with E-state index in [1.165, 1.54) is 25.7 Å². The van der Waals surface area contributed by atoms with Crippen LogP contribution in [0.1, 0.15) is 25.7 Å². The Morgan fingerprint density at radius 1 is 1.44 bits per heavy atom. The summed E-state index contributed by atoms with van der Waals surface area (Å²) in [4.78, 5) is 4.30. The third-order valence-corrected chi connectivity index (χ3v) is 4.29. The summed E-state index contributed by atoms with van der Waals surface area (Å²) in [6, 6.07) is 4.27. The lowest BCUT2D eigenvalue weighted by molar-refractivity contribution is 0.474. The average Bonchev–Trinajstić information content (AvgIpc) is 2.30. The summed E-state index contributed by atoms with van der Waals surface area (Å²) >= 11 is 1.96. The molecule has 2 rings (SSSR count). The van der Waals surface area contributed by atoms with Crippen molar-refractivity contribution in [2.75, 3.05) is 17.3 Å². The van der Waals surface area contributed by atoms with Crippen LogP contribution in [0.2, 0.25) is 0 Å². The molecule has 88 valence electrons. The lowest BCUT2D eigenvalue weighted by Gasteiger charge is -2.31. The first kappa shape index (κ1) is 11.6. The van der Waals surface area contributed by atoms with Crippen molar-refractivity contribution in [3.05, 3.63) is 18.3 Å². The van der Waals surface area contributed by atoms with Crippen LogP contribution in [0.25, 0.3) is 0 Å². The van der Waals surface area contributed by atoms with Gasteiger partial charge in [-0.05, 0) is 25.2 Å². The Morgan fingerprint density at radius 3 is 3.00 bits per heavy atom. The maximum absolute atomic E-state index is 5.75. The van der Waals surface area contributed by atoms with Gasteiger partial charge in [0.15, 0.2) is 0 Å². The number of hydrogen-bond donors (Lipinski definition) is 2. The first-order chi connectivity index (χ1) is 7.79. The van der Waals surface area contributed by atoms with Gasteiger partial charge in [-0.15, -0.1) is 0 Å². The van der Waals surface area contributed by atoms with E-state index in [0.29, 0.717) is 11.3 Å². The second kappa shape index (κ2) is 5.43. The Bertz CT molecular complexity index is 343. The highest BCUT2D eigenvalue weighted by Gasteiger charge is 2.24. The predicted molar refractivity (Wildman–Crippen MR) is 71.8 cm³/mol. The molecule has 3 nitrogen and oxygen atoms in total. The highest BCUT2D eigenvalue weighted by molar-refractivity contribution is 7.99. The van der Waals surface area contributed by atoms with Crippen LogP contribution in [-0.4, -0.2) is 22.5 Å². The summed E-state index contributed by atoms with van der Waals surface area (Å²) in [5.41, 5.74) is 6.52. The van der Waals surface area contributed by atoms with E-state index in [9.17, 15) is 0 Å². The zero-order valence-corrected chi connectivity index (χ0v) is 10.5. The lowest BCUT2D eigenvalue weighted by atomic mass is 9.95. The van der Waals surface area contributed by atoms with E-state index in [4.69, 9.17) is 5.73 Å². The van der Waals surface area contributed by atoms with Crippen LogP contribution in [0.15, 0.2) is 18.3 Å². The highest BCUT2D eigenvalue weighted by atomic mass is 32.2. The van der Waals surface area contributed by atoms with Gasteiger partial charge in [0.05, 0.1) is 0 Å². The molecule has 0 aromatic carbocycles. The zero-order valence-electron chi connectivity index (χ0n) is 9.65. The monoisotopic (exact) mass is 237 g/mol. The van der Waals surface area contributed by atoms with Gasteiger partial charge >= 0.3 is 0 Å². The molecule has 0 spiro atoms. The van der Waals surface area contributed by atoms with Crippen LogP contribution >= 0.6 is 11.8 Å². The van der Waals surface area contributed by atoms with Gasteiger partial charge in [0, 0.05) is 29.2 Å². The van der Waals surface area contributed by atoms with E-state index < -0.39 is 0 Å². The normalized spacial score (nSPS) is 25.3. The molecule has 0 aliphatic heterocycles. The maximum Gasteiger partial charge on any atom is 0.128 e. The first-order valence-electron chi connectivity index (χ1n) is 5.80. The molecule has 1 aliphatic carbocycles. The minimum Gasteiger partial charge on any atom is -0.399 e. The molecule has 3 N–H and O–H groups in total. The molecule has 0 saturated heterocycles. The third kappa shape index (κ3) is 2.82. The topological polar surface area (TPSA) is 50.9 Å². The van der Waals surface area contributed by atoms with E-state index >= 15 is 0 Å². The number of nitrogens with zero attached hydrogens (tertiary/aromatic N) is 1. The van der Waals surface area contributed by atoms with Gasteiger partial charge in [0.2, 0.25) is 0 Å². The van der Waals surface area contributed by atoms with Gasteiger partial charge in [-0.1, -0.05) is 12.8 Å². The Balaban J connectivity index is 2.02. The SMILES string of the molecule is CSC1CCCCC1Nc1cc(N)ccn1. The van der Waals surface area contributed by atoms with Crippen molar-refractivity contribution in [2.45, 2.75) is 37.0 Å². The number of nitrogen functional groups attached to an aromatic ring is 1. The van der Waals surface area contributed by atoms with Gasteiger partial charge in [0.25, 0.3) is 0 Å². The summed E-state index contributed by atoms with van der Waals surface area (Å²) in [5, 5.41) is 4.22. The molecule has 2 atom stereocenters. The molecule has 0 bridgehead atoms. The summed E-state index contributed by atoms with van der Waals surface area (Å²) in [6.45, 7) is 0. The zero-order chi connectivity index (χ0) is 11.4. The molecule has 1 saturated carbocycles. The van der Waals surface area contributed by atoms with Crippen LogP contribution < -0.4 is 11.1 Å². The Kier molecular flexibility index (Phi) is 3.93. The van der Waals surface area contributed by atoms with Crippen LogP contribution in [0.3, 0.4) is 0 Å². The van der Waals surface area contributed by atoms with E-state index in [1.807, 2.05) is 23.9 Å². The van der Waals surface area contributed by atoms with Crippen LogP contribution in [0.5, 0.6) is 0 Å². The molecule has 1 aromatic rings. The highest BCUT2D eigenvalue weighted by Crippen LogP contribution is 2.29.